The van der Waals surface area contributed by atoms with Crippen molar-refractivity contribution in [1.29, 1.82) is 0 Å². The highest BCUT2D eigenvalue weighted by atomic mass is 16.7. The summed E-state index contributed by atoms with van der Waals surface area (Å²) >= 11 is 0. The van der Waals surface area contributed by atoms with E-state index in [4.69, 9.17) is 9.47 Å². The van der Waals surface area contributed by atoms with Crippen LogP contribution in [-0.2, 0) is 19.1 Å². The molecule has 0 unspecified atom stereocenters. The first-order valence-electron chi connectivity index (χ1n) is 7.20. The number of hydrogen-bond donors (Lipinski definition) is 0. The molecule has 20 heavy (non-hydrogen) atoms. The van der Waals surface area contributed by atoms with Crippen molar-refractivity contribution in [2.45, 2.75) is 66.8 Å². The lowest BCUT2D eigenvalue weighted by molar-refractivity contribution is -0.235. The van der Waals surface area contributed by atoms with Crippen LogP contribution in [0.5, 0.6) is 0 Å². The summed E-state index contributed by atoms with van der Waals surface area (Å²) in [5.41, 5.74) is -0.292. The second-order valence-corrected chi connectivity index (χ2v) is 6.95. The third-order valence-electron chi connectivity index (χ3n) is 3.29. The third-order valence-corrected chi connectivity index (χ3v) is 3.29. The Balaban J connectivity index is 2.80. The number of esters is 1. The zero-order chi connectivity index (χ0) is 15.7. The van der Waals surface area contributed by atoms with E-state index in [1.54, 1.807) is 4.90 Å². The molecule has 1 aliphatic heterocycles. The van der Waals surface area contributed by atoms with Gasteiger partial charge in [-0.1, -0.05) is 20.8 Å². The SMILES string of the molecule is CC(C)N(C(=O)[C@@H]1CO[C@H](C(C)(C)C)OC1=O)C(C)C. The Bertz CT molecular complexity index is 363. The maximum absolute atomic E-state index is 12.5. The monoisotopic (exact) mass is 285 g/mol. The summed E-state index contributed by atoms with van der Waals surface area (Å²) in [6.07, 6.45) is -0.592. The normalized spacial score (nSPS) is 23.9. The summed E-state index contributed by atoms with van der Waals surface area (Å²) < 4.78 is 10.9. The second kappa shape index (κ2) is 6.12. The quantitative estimate of drug-likeness (QED) is 0.589. The van der Waals surface area contributed by atoms with E-state index >= 15 is 0 Å². The molecule has 1 fully saturated rings. The number of hydrogen-bond acceptors (Lipinski definition) is 4. The van der Waals surface area contributed by atoms with Gasteiger partial charge in [0.25, 0.3) is 0 Å². The lowest BCUT2D eigenvalue weighted by Gasteiger charge is -2.38. The van der Waals surface area contributed by atoms with E-state index in [1.165, 1.54) is 0 Å². The van der Waals surface area contributed by atoms with Crippen molar-refractivity contribution in [1.82, 2.24) is 4.90 Å². The fourth-order valence-electron chi connectivity index (χ4n) is 2.36. The largest absolute Gasteiger partial charge is 0.435 e. The molecule has 2 atom stereocenters. The van der Waals surface area contributed by atoms with Gasteiger partial charge >= 0.3 is 5.97 Å². The summed E-state index contributed by atoms with van der Waals surface area (Å²) in [5.74, 6) is -1.54. The van der Waals surface area contributed by atoms with Crippen LogP contribution in [0, 0.1) is 11.3 Å². The van der Waals surface area contributed by atoms with Gasteiger partial charge in [-0.2, -0.15) is 0 Å². The number of carbonyl (C=O) groups is 2. The van der Waals surface area contributed by atoms with Crippen LogP contribution in [0.15, 0.2) is 0 Å². The summed E-state index contributed by atoms with van der Waals surface area (Å²) in [5, 5.41) is 0. The molecule has 5 nitrogen and oxygen atoms in total. The van der Waals surface area contributed by atoms with Crippen molar-refractivity contribution >= 4 is 11.9 Å². The minimum absolute atomic E-state index is 0.0376. The Hall–Kier alpha value is -1.10. The zero-order valence-corrected chi connectivity index (χ0v) is 13.6. The van der Waals surface area contributed by atoms with Crippen molar-refractivity contribution in [3.8, 4) is 0 Å². The van der Waals surface area contributed by atoms with Crippen molar-refractivity contribution in [3.63, 3.8) is 0 Å². The van der Waals surface area contributed by atoms with E-state index in [9.17, 15) is 9.59 Å². The van der Waals surface area contributed by atoms with Crippen LogP contribution in [0.2, 0.25) is 0 Å². The van der Waals surface area contributed by atoms with Crippen LogP contribution in [0.1, 0.15) is 48.5 Å². The smallest absolute Gasteiger partial charge is 0.323 e. The molecule has 1 heterocycles. The Morgan fingerprint density at radius 2 is 1.70 bits per heavy atom. The first-order valence-corrected chi connectivity index (χ1v) is 7.20. The Labute approximate surface area is 121 Å². The lowest BCUT2D eigenvalue weighted by atomic mass is 9.94. The van der Waals surface area contributed by atoms with Crippen LogP contribution in [0.4, 0.5) is 0 Å². The number of cyclic esters (lactones) is 1. The average Bonchev–Trinajstić information content (AvgIpc) is 2.26. The summed E-state index contributed by atoms with van der Waals surface area (Å²) in [6, 6.07) is 0.0753. The molecule has 116 valence electrons. The van der Waals surface area contributed by atoms with Gasteiger partial charge in [0, 0.05) is 17.5 Å². The summed E-state index contributed by atoms with van der Waals surface area (Å²) in [6.45, 7) is 13.6. The fraction of sp³-hybridized carbons (Fsp3) is 0.867. The first-order chi connectivity index (χ1) is 9.05. The highest BCUT2D eigenvalue weighted by Crippen LogP contribution is 2.29. The van der Waals surface area contributed by atoms with Gasteiger partial charge in [-0.05, 0) is 27.7 Å². The highest BCUT2D eigenvalue weighted by Gasteiger charge is 2.42. The van der Waals surface area contributed by atoms with Crippen LogP contribution in [0.3, 0.4) is 0 Å². The molecule has 0 aromatic rings. The van der Waals surface area contributed by atoms with Gasteiger partial charge in [-0.3, -0.25) is 9.59 Å². The maximum Gasteiger partial charge on any atom is 0.323 e. The molecule has 0 bridgehead atoms. The Morgan fingerprint density at radius 1 is 1.20 bits per heavy atom. The molecular formula is C15H27NO4. The van der Waals surface area contributed by atoms with Crippen LogP contribution in [0.25, 0.3) is 0 Å². The third kappa shape index (κ3) is 3.72. The predicted octanol–water partition coefficient (Wildman–Crippen LogP) is 2.19. The molecule has 1 aliphatic rings. The van der Waals surface area contributed by atoms with Gasteiger partial charge in [-0.15, -0.1) is 0 Å². The van der Waals surface area contributed by atoms with Gasteiger partial charge in [0.2, 0.25) is 12.2 Å². The molecule has 1 rings (SSSR count). The molecule has 0 spiro atoms. The summed E-state index contributed by atoms with van der Waals surface area (Å²) in [4.78, 5) is 26.3. The highest BCUT2D eigenvalue weighted by molar-refractivity contribution is 5.98. The molecule has 0 radical (unpaired) electrons. The molecule has 0 N–H and O–H groups in total. The van der Waals surface area contributed by atoms with Crippen LogP contribution < -0.4 is 0 Å². The molecule has 1 amide bonds. The van der Waals surface area contributed by atoms with E-state index in [0.717, 1.165) is 0 Å². The van der Waals surface area contributed by atoms with Crippen LogP contribution in [-0.4, -0.2) is 41.8 Å². The van der Waals surface area contributed by atoms with E-state index < -0.39 is 18.2 Å². The number of amides is 1. The lowest BCUT2D eigenvalue weighted by Crippen LogP contribution is -2.52. The minimum atomic E-state index is -0.849. The molecule has 0 aromatic heterocycles. The molecule has 0 saturated carbocycles. The van der Waals surface area contributed by atoms with Crippen molar-refractivity contribution < 1.29 is 19.1 Å². The van der Waals surface area contributed by atoms with E-state index in [-0.39, 0.29) is 30.0 Å². The standard InChI is InChI=1S/C15H27NO4/c1-9(2)16(10(3)4)12(17)11-8-19-14(15(5,6)7)20-13(11)18/h9-11,14H,8H2,1-7H3/t11-,14-/m0/s1. The number of nitrogens with zero attached hydrogens (tertiary/aromatic N) is 1. The summed E-state index contributed by atoms with van der Waals surface area (Å²) in [7, 11) is 0. The second-order valence-electron chi connectivity index (χ2n) is 6.95. The Kier molecular flexibility index (Phi) is 5.19. The topological polar surface area (TPSA) is 55.8 Å². The van der Waals surface area contributed by atoms with E-state index in [2.05, 4.69) is 0 Å². The van der Waals surface area contributed by atoms with Crippen molar-refractivity contribution in [3.05, 3.63) is 0 Å². The van der Waals surface area contributed by atoms with Gasteiger partial charge in [0.05, 0.1) is 6.61 Å². The average molecular weight is 285 g/mol. The van der Waals surface area contributed by atoms with Gasteiger partial charge in [0.15, 0.2) is 5.92 Å². The zero-order valence-electron chi connectivity index (χ0n) is 13.6. The molecule has 1 saturated heterocycles. The maximum atomic E-state index is 12.5. The molecule has 0 aromatic carbocycles. The predicted molar refractivity (Wildman–Crippen MR) is 75.9 cm³/mol. The molecular weight excluding hydrogens is 258 g/mol. The minimum Gasteiger partial charge on any atom is -0.435 e. The first kappa shape index (κ1) is 17.0. The number of ether oxygens (including phenoxy) is 2. The van der Waals surface area contributed by atoms with Gasteiger partial charge in [-0.25, -0.2) is 0 Å². The Morgan fingerprint density at radius 3 is 2.05 bits per heavy atom. The van der Waals surface area contributed by atoms with Gasteiger partial charge < -0.3 is 14.4 Å². The molecule has 5 heteroatoms. The van der Waals surface area contributed by atoms with Crippen molar-refractivity contribution in [2.24, 2.45) is 11.3 Å². The fourth-order valence-corrected chi connectivity index (χ4v) is 2.36. The van der Waals surface area contributed by atoms with Crippen molar-refractivity contribution in [2.75, 3.05) is 6.61 Å². The number of carbonyl (C=O) groups excluding carboxylic acids is 2. The van der Waals surface area contributed by atoms with E-state index in [0.29, 0.717) is 0 Å². The van der Waals surface area contributed by atoms with Gasteiger partial charge in [0.1, 0.15) is 0 Å². The van der Waals surface area contributed by atoms with E-state index in [1.807, 2.05) is 48.5 Å². The molecule has 0 aliphatic carbocycles. The van der Waals surface area contributed by atoms with Crippen LogP contribution >= 0.6 is 0 Å². The number of rotatable bonds is 3.